The van der Waals surface area contributed by atoms with Crippen LogP contribution in [-0.2, 0) is 4.79 Å². The topological polar surface area (TPSA) is 40.5 Å². The van der Waals surface area contributed by atoms with Gasteiger partial charge >= 0.3 is 5.97 Å². The zero-order valence-corrected chi connectivity index (χ0v) is 14.2. The summed E-state index contributed by atoms with van der Waals surface area (Å²) in [6.07, 6.45) is 1.49. The number of carboxylic acids is 1. The number of piperidine rings is 1. The number of halogens is 1. The van der Waals surface area contributed by atoms with Crippen molar-refractivity contribution >= 4 is 32.7 Å². The van der Waals surface area contributed by atoms with E-state index in [-0.39, 0.29) is 5.92 Å². The summed E-state index contributed by atoms with van der Waals surface area (Å²) in [6, 6.07) is 13.0. The van der Waals surface area contributed by atoms with Gasteiger partial charge in [-0.25, -0.2) is 0 Å². The fourth-order valence-electron chi connectivity index (χ4n) is 3.38. The lowest BCUT2D eigenvalue weighted by atomic mass is 9.93. The van der Waals surface area contributed by atoms with Crippen molar-refractivity contribution in [3.05, 3.63) is 46.4 Å². The second-order valence-corrected chi connectivity index (χ2v) is 6.86. The second-order valence-electron chi connectivity index (χ2n) is 6.01. The first-order chi connectivity index (χ1) is 10.6. The molecule has 22 heavy (non-hydrogen) atoms. The van der Waals surface area contributed by atoms with E-state index in [1.807, 2.05) is 0 Å². The molecule has 3 rings (SSSR count). The van der Waals surface area contributed by atoms with Gasteiger partial charge in [0.25, 0.3) is 0 Å². The number of nitrogens with zero attached hydrogens (tertiary/aromatic N) is 1. The molecule has 1 aliphatic heterocycles. The minimum atomic E-state index is -0.651. The molecule has 0 amide bonds. The summed E-state index contributed by atoms with van der Waals surface area (Å²) in [6.45, 7) is 3.92. The molecule has 4 heteroatoms. The Bertz CT molecular complexity index is 693. The van der Waals surface area contributed by atoms with Crippen molar-refractivity contribution in [2.75, 3.05) is 13.1 Å². The Labute approximate surface area is 139 Å². The van der Waals surface area contributed by atoms with E-state index in [0.29, 0.717) is 6.04 Å². The number of rotatable bonds is 3. The highest BCUT2D eigenvalue weighted by Gasteiger charge is 2.27. The van der Waals surface area contributed by atoms with Crippen molar-refractivity contribution in [2.24, 2.45) is 5.92 Å². The van der Waals surface area contributed by atoms with Crippen LogP contribution in [0.15, 0.2) is 40.9 Å². The maximum absolute atomic E-state index is 11.1. The first-order valence-corrected chi connectivity index (χ1v) is 8.51. The van der Waals surface area contributed by atoms with Crippen molar-refractivity contribution in [3.8, 4) is 0 Å². The van der Waals surface area contributed by atoms with Crippen molar-refractivity contribution < 1.29 is 9.90 Å². The molecule has 116 valence electrons. The van der Waals surface area contributed by atoms with E-state index < -0.39 is 5.97 Å². The molecule has 0 bridgehead atoms. The number of likely N-dealkylation sites (tertiary alicyclic amines) is 1. The molecule has 0 radical (unpaired) electrons. The Hall–Kier alpha value is -1.39. The Morgan fingerprint density at radius 2 is 1.82 bits per heavy atom. The quantitative estimate of drug-likeness (QED) is 0.877. The number of fused-ring (bicyclic) bond motifs is 1. The Morgan fingerprint density at radius 1 is 1.18 bits per heavy atom. The fourth-order valence-corrected chi connectivity index (χ4v) is 3.86. The highest BCUT2D eigenvalue weighted by atomic mass is 79.9. The minimum absolute atomic E-state index is 0.176. The van der Waals surface area contributed by atoms with Gasteiger partial charge in [0.2, 0.25) is 0 Å². The molecule has 1 saturated heterocycles. The predicted octanol–water partition coefficient (Wildman–Crippen LogP) is 4.46. The van der Waals surface area contributed by atoms with E-state index in [2.05, 4.69) is 64.2 Å². The molecule has 2 aromatic rings. The summed E-state index contributed by atoms with van der Waals surface area (Å²) >= 11 is 3.62. The van der Waals surface area contributed by atoms with Gasteiger partial charge in [-0.05, 0) is 55.3 Å². The van der Waals surface area contributed by atoms with Crippen molar-refractivity contribution in [1.29, 1.82) is 0 Å². The third-order valence-electron chi connectivity index (χ3n) is 4.78. The SMILES string of the molecule is CC(c1ccc(Br)c2ccccc12)N1CCC(C(=O)O)CC1. The van der Waals surface area contributed by atoms with Crippen molar-refractivity contribution in [1.82, 2.24) is 4.90 Å². The van der Waals surface area contributed by atoms with Gasteiger partial charge in [-0.15, -0.1) is 0 Å². The minimum Gasteiger partial charge on any atom is -0.481 e. The highest BCUT2D eigenvalue weighted by molar-refractivity contribution is 9.10. The molecule has 1 fully saturated rings. The second kappa shape index (κ2) is 6.39. The Balaban J connectivity index is 1.86. The molecule has 3 nitrogen and oxygen atoms in total. The zero-order valence-electron chi connectivity index (χ0n) is 12.6. The van der Waals surface area contributed by atoms with Crippen LogP contribution in [0.2, 0.25) is 0 Å². The third kappa shape index (κ3) is 2.90. The van der Waals surface area contributed by atoms with Crippen LogP contribution in [0, 0.1) is 5.92 Å². The number of hydrogen-bond donors (Lipinski definition) is 1. The average molecular weight is 362 g/mol. The van der Waals surface area contributed by atoms with Gasteiger partial charge in [-0.3, -0.25) is 9.69 Å². The van der Waals surface area contributed by atoms with Crippen LogP contribution in [0.25, 0.3) is 10.8 Å². The molecule has 0 spiro atoms. The van der Waals surface area contributed by atoms with E-state index >= 15 is 0 Å². The number of aliphatic carboxylic acids is 1. The van der Waals surface area contributed by atoms with E-state index in [0.717, 1.165) is 30.4 Å². The zero-order chi connectivity index (χ0) is 15.7. The first kappa shape index (κ1) is 15.5. The maximum atomic E-state index is 11.1. The molecule has 0 aliphatic carbocycles. The summed E-state index contributed by atoms with van der Waals surface area (Å²) in [5.41, 5.74) is 1.31. The Kier molecular flexibility index (Phi) is 4.50. The summed E-state index contributed by atoms with van der Waals surface area (Å²) in [5.74, 6) is -0.827. The summed E-state index contributed by atoms with van der Waals surface area (Å²) in [5, 5.41) is 11.6. The van der Waals surface area contributed by atoms with Gasteiger partial charge in [0.05, 0.1) is 5.92 Å². The number of carbonyl (C=O) groups is 1. The lowest BCUT2D eigenvalue weighted by Gasteiger charge is -2.35. The summed E-state index contributed by atoms with van der Waals surface area (Å²) in [7, 11) is 0. The normalized spacial score (nSPS) is 18.5. The molecular weight excluding hydrogens is 342 g/mol. The predicted molar refractivity (Wildman–Crippen MR) is 92.0 cm³/mol. The first-order valence-electron chi connectivity index (χ1n) is 7.72. The number of hydrogen-bond acceptors (Lipinski definition) is 2. The van der Waals surface area contributed by atoms with E-state index in [1.54, 1.807) is 0 Å². The van der Waals surface area contributed by atoms with Crippen LogP contribution in [-0.4, -0.2) is 29.1 Å². The van der Waals surface area contributed by atoms with Gasteiger partial charge in [0.1, 0.15) is 0 Å². The Morgan fingerprint density at radius 3 is 2.45 bits per heavy atom. The van der Waals surface area contributed by atoms with Gasteiger partial charge < -0.3 is 5.11 Å². The van der Waals surface area contributed by atoms with Crippen LogP contribution in [0.4, 0.5) is 0 Å². The van der Waals surface area contributed by atoms with Crippen LogP contribution in [0.3, 0.4) is 0 Å². The van der Waals surface area contributed by atoms with Gasteiger partial charge in [-0.2, -0.15) is 0 Å². The number of carboxylic acid groups (broad SMARTS) is 1. The van der Waals surface area contributed by atoms with Gasteiger partial charge in [-0.1, -0.05) is 46.3 Å². The molecule has 1 aliphatic rings. The molecule has 0 aromatic heterocycles. The van der Waals surface area contributed by atoms with Crippen LogP contribution >= 0.6 is 15.9 Å². The lowest BCUT2D eigenvalue weighted by Crippen LogP contribution is -2.37. The highest BCUT2D eigenvalue weighted by Crippen LogP contribution is 2.34. The summed E-state index contributed by atoms with van der Waals surface area (Å²) in [4.78, 5) is 13.5. The fraction of sp³-hybridized carbons (Fsp3) is 0.389. The van der Waals surface area contributed by atoms with Crippen molar-refractivity contribution in [3.63, 3.8) is 0 Å². The van der Waals surface area contributed by atoms with E-state index in [1.165, 1.54) is 16.3 Å². The monoisotopic (exact) mass is 361 g/mol. The maximum Gasteiger partial charge on any atom is 0.306 e. The third-order valence-corrected chi connectivity index (χ3v) is 5.47. The largest absolute Gasteiger partial charge is 0.481 e. The standard InChI is InChI=1S/C18H20BrNO2/c1-12(20-10-8-13(9-11-20)18(21)22)14-6-7-17(19)16-5-3-2-4-15(14)16/h2-7,12-13H,8-11H2,1H3,(H,21,22). The lowest BCUT2D eigenvalue weighted by molar-refractivity contribution is -0.143. The molecule has 1 heterocycles. The molecule has 1 atom stereocenters. The van der Waals surface area contributed by atoms with Gasteiger partial charge in [0.15, 0.2) is 0 Å². The van der Waals surface area contributed by atoms with E-state index in [4.69, 9.17) is 5.11 Å². The van der Waals surface area contributed by atoms with Crippen molar-refractivity contribution in [2.45, 2.75) is 25.8 Å². The molecule has 1 unspecified atom stereocenters. The van der Waals surface area contributed by atoms with E-state index in [9.17, 15) is 4.79 Å². The van der Waals surface area contributed by atoms with Crippen LogP contribution < -0.4 is 0 Å². The molecule has 1 N–H and O–H groups in total. The molecular formula is C18H20BrNO2. The average Bonchev–Trinajstić information content (AvgIpc) is 2.55. The molecule has 2 aromatic carbocycles. The van der Waals surface area contributed by atoms with Gasteiger partial charge in [0, 0.05) is 10.5 Å². The summed E-state index contributed by atoms with van der Waals surface area (Å²) < 4.78 is 1.11. The van der Waals surface area contributed by atoms with Crippen LogP contribution in [0.1, 0.15) is 31.4 Å². The van der Waals surface area contributed by atoms with Crippen LogP contribution in [0.5, 0.6) is 0 Å². The molecule has 0 saturated carbocycles. The smallest absolute Gasteiger partial charge is 0.306 e. The number of benzene rings is 2.